The Hall–Kier alpha value is 0.114. The fourth-order valence-electron chi connectivity index (χ4n) is 3.45. The third kappa shape index (κ3) is 8.86. The van der Waals surface area contributed by atoms with Gasteiger partial charge in [-0.05, 0) is 25.9 Å². The van der Waals surface area contributed by atoms with Gasteiger partial charge in [0.25, 0.3) is 0 Å². The number of hydrogen-bond donors (Lipinski definition) is 2. The fourth-order valence-corrected chi connectivity index (χ4v) is 7.65. The van der Waals surface area contributed by atoms with E-state index in [-0.39, 0.29) is 11.1 Å². The van der Waals surface area contributed by atoms with Gasteiger partial charge >= 0.3 is 17.6 Å². The van der Waals surface area contributed by atoms with E-state index >= 15 is 0 Å². The summed E-state index contributed by atoms with van der Waals surface area (Å²) in [6.07, 6.45) is 4.76. The van der Waals surface area contributed by atoms with Gasteiger partial charge in [0.1, 0.15) is 0 Å². The van der Waals surface area contributed by atoms with Gasteiger partial charge in [0, 0.05) is 66.8 Å². The van der Waals surface area contributed by atoms with E-state index in [0.717, 1.165) is 39.0 Å². The number of rotatable bonds is 19. The average Bonchev–Trinajstić information content (AvgIpc) is 2.72. The number of unbranched alkanes of at least 4 members (excludes halogenated alkanes) is 3. The summed E-state index contributed by atoms with van der Waals surface area (Å²) < 4.78 is 33.1. The van der Waals surface area contributed by atoms with Gasteiger partial charge in [-0.25, -0.2) is 0 Å². The van der Waals surface area contributed by atoms with Crippen molar-refractivity contribution in [1.29, 1.82) is 0 Å². The Morgan fingerprint density at radius 2 is 0.821 bits per heavy atom. The lowest BCUT2D eigenvalue weighted by Gasteiger charge is -2.30. The molecule has 170 valence electrons. The molecule has 0 fully saturated rings. The van der Waals surface area contributed by atoms with Crippen molar-refractivity contribution in [3.8, 4) is 0 Å². The molecule has 0 saturated carbocycles. The lowest BCUT2D eigenvalue weighted by molar-refractivity contribution is 0.112. The van der Waals surface area contributed by atoms with Gasteiger partial charge in [-0.2, -0.15) is 0 Å². The molecule has 0 amide bonds. The molecule has 0 heterocycles. The number of nitrogens with one attached hydrogen (secondary N) is 2. The quantitative estimate of drug-likeness (QED) is 0.234. The summed E-state index contributed by atoms with van der Waals surface area (Å²) >= 11 is 0. The molecule has 0 aromatic heterocycles. The topological polar surface area (TPSA) is 79.4 Å². The smallest absolute Gasteiger partial charge is 0.377 e. The summed E-state index contributed by atoms with van der Waals surface area (Å²) in [5.41, 5.74) is 0.446. The van der Waals surface area contributed by atoms with E-state index < -0.39 is 17.6 Å². The molecule has 28 heavy (non-hydrogen) atoms. The Balaban J connectivity index is 3.76. The van der Waals surface area contributed by atoms with Crippen molar-refractivity contribution < 1.29 is 26.6 Å². The van der Waals surface area contributed by atoms with Crippen LogP contribution in [0.1, 0.15) is 39.5 Å². The van der Waals surface area contributed by atoms with Crippen molar-refractivity contribution in [3.05, 3.63) is 0 Å². The molecule has 2 N–H and O–H groups in total. The molecule has 0 aromatic carbocycles. The van der Waals surface area contributed by atoms with E-state index in [1.807, 2.05) is 0 Å². The SMILES string of the molecule is CO[Si](OC)(OC)C(C)CNCCCCCCNCC(C)[Si](OC)(OC)OC. The van der Waals surface area contributed by atoms with E-state index in [0.29, 0.717) is 0 Å². The van der Waals surface area contributed by atoms with Crippen LogP contribution in [0.5, 0.6) is 0 Å². The highest BCUT2D eigenvalue weighted by atomic mass is 28.4. The minimum atomic E-state index is -2.54. The molecule has 0 aromatic rings. The summed E-state index contributed by atoms with van der Waals surface area (Å²) in [7, 11) is 4.88. The second-order valence-electron chi connectivity index (χ2n) is 7.06. The van der Waals surface area contributed by atoms with Crippen LogP contribution in [0.4, 0.5) is 0 Å². The maximum absolute atomic E-state index is 5.52. The van der Waals surface area contributed by atoms with Gasteiger partial charge in [0.2, 0.25) is 0 Å². The molecule has 0 aliphatic heterocycles. The molecule has 10 heteroatoms. The lowest BCUT2D eigenvalue weighted by Crippen LogP contribution is -2.49. The van der Waals surface area contributed by atoms with Crippen LogP contribution in [0.3, 0.4) is 0 Å². The Kier molecular flexibility index (Phi) is 16.0. The van der Waals surface area contributed by atoms with E-state index in [9.17, 15) is 0 Å². The van der Waals surface area contributed by atoms with Crippen LogP contribution in [0.2, 0.25) is 11.1 Å². The summed E-state index contributed by atoms with van der Waals surface area (Å²) in [5.74, 6) is 0. The van der Waals surface area contributed by atoms with E-state index in [4.69, 9.17) is 26.6 Å². The Morgan fingerprint density at radius 1 is 0.536 bits per heavy atom. The molecule has 2 unspecified atom stereocenters. The molecule has 0 aliphatic carbocycles. The molecular weight excluding hydrogens is 396 g/mol. The van der Waals surface area contributed by atoms with Crippen LogP contribution < -0.4 is 10.6 Å². The molecule has 0 radical (unpaired) electrons. The second kappa shape index (κ2) is 15.9. The first-order valence-electron chi connectivity index (χ1n) is 10.1. The second-order valence-corrected chi connectivity index (χ2v) is 13.9. The standard InChI is InChI=1S/C18H44N2O6Si2/c1-17(27(21-3,22-4)23-5)15-19-13-11-9-10-12-14-20-16-18(2)28(24-6,25-7)26-8/h17-20H,9-16H2,1-8H3. The molecule has 0 spiro atoms. The minimum Gasteiger partial charge on any atom is -0.377 e. The predicted molar refractivity (Wildman–Crippen MR) is 117 cm³/mol. The van der Waals surface area contributed by atoms with Crippen LogP contribution in [0, 0.1) is 0 Å². The van der Waals surface area contributed by atoms with Crippen LogP contribution in [-0.2, 0) is 26.6 Å². The Labute approximate surface area is 174 Å². The van der Waals surface area contributed by atoms with Gasteiger partial charge in [-0.1, -0.05) is 26.7 Å². The van der Waals surface area contributed by atoms with Crippen LogP contribution in [0.15, 0.2) is 0 Å². The van der Waals surface area contributed by atoms with E-state index in [1.54, 1.807) is 42.7 Å². The Bertz CT molecular complexity index is 323. The minimum absolute atomic E-state index is 0.223. The van der Waals surface area contributed by atoms with Crippen molar-refractivity contribution >= 4 is 17.6 Å². The zero-order chi connectivity index (χ0) is 21.5. The molecule has 0 saturated heterocycles. The normalized spacial score (nSPS) is 15.0. The van der Waals surface area contributed by atoms with Crippen molar-refractivity contribution in [2.45, 2.75) is 50.6 Å². The van der Waals surface area contributed by atoms with Crippen molar-refractivity contribution in [2.75, 3.05) is 68.8 Å². The predicted octanol–water partition coefficient (Wildman–Crippen LogP) is 2.26. The van der Waals surface area contributed by atoms with Crippen LogP contribution >= 0.6 is 0 Å². The lowest BCUT2D eigenvalue weighted by atomic mass is 10.2. The zero-order valence-electron chi connectivity index (χ0n) is 19.3. The molecule has 0 aliphatic rings. The molecular formula is C18H44N2O6Si2. The Morgan fingerprint density at radius 3 is 1.07 bits per heavy atom. The summed E-state index contributed by atoms with van der Waals surface area (Å²) in [6, 6.07) is 0. The van der Waals surface area contributed by atoms with Crippen molar-refractivity contribution in [2.24, 2.45) is 0 Å². The third-order valence-corrected chi connectivity index (χ3v) is 11.5. The van der Waals surface area contributed by atoms with Crippen LogP contribution in [-0.4, -0.2) is 86.4 Å². The summed E-state index contributed by atoms with van der Waals surface area (Å²) in [5, 5.41) is 6.98. The highest BCUT2D eigenvalue weighted by Gasteiger charge is 2.45. The highest BCUT2D eigenvalue weighted by molar-refractivity contribution is 6.62. The van der Waals surface area contributed by atoms with Gasteiger partial charge in [0.15, 0.2) is 0 Å². The molecule has 0 rings (SSSR count). The molecule has 0 bridgehead atoms. The van der Waals surface area contributed by atoms with Crippen molar-refractivity contribution in [3.63, 3.8) is 0 Å². The monoisotopic (exact) mass is 440 g/mol. The van der Waals surface area contributed by atoms with Crippen LogP contribution in [0.25, 0.3) is 0 Å². The third-order valence-electron chi connectivity index (χ3n) is 5.27. The fraction of sp³-hybridized carbons (Fsp3) is 1.00. The van der Waals surface area contributed by atoms with Gasteiger partial charge in [-0.15, -0.1) is 0 Å². The first-order valence-corrected chi connectivity index (χ1v) is 13.7. The van der Waals surface area contributed by atoms with Gasteiger partial charge < -0.3 is 37.2 Å². The van der Waals surface area contributed by atoms with Crippen molar-refractivity contribution in [1.82, 2.24) is 10.6 Å². The largest absolute Gasteiger partial charge is 0.504 e. The van der Waals surface area contributed by atoms with Gasteiger partial charge in [-0.3, -0.25) is 0 Å². The zero-order valence-corrected chi connectivity index (χ0v) is 21.3. The maximum atomic E-state index is 5.52. The summed E-state index contributed by atoms with van der Waals surface area (Å²) in [4.78, 5) is 0. The summed E-state index contributed by atoms with van der Waals surface area (Å²) in [6.45, 7) is 7.89. The van der Waals surface area contributed by atoms with Gasteiger partial charge in [0.05, 0.1) is 0 Å². The molecule has 8 nitrogen and oxygen atoms in total. The number of hydrogen-bond acceptors (Lipinski definition) is 8. The van der Waals surface area contributed by atoms with E-state index in [1.165, 1.54) is 12.8 Å². The average molecular weight is 441 g/mol. The first kappa shape index (κ1) is 28.1. The first-order chi connectivity index (χ1) is 13.4. The molecule has 2 atom stereocenters. The highest BCUT2D eigenvalue weighted by Crippen LogP contribution is 2.23. The van der Waals surface area contributed by atoms with E-state index in [2.05, 4.69) is 24.5 Å². The maximum Gasteiger partial charge on any atom is 0.504 e.